The Morgan fingerprint density at radius 1 is 1.28 bits per heavy atom. The van der Waals surface area contributed by atoms with E-state index in [1.807, 2.05) is 12.1 Å². The van der Waals surface area contributed by atoms with Crippen LogP contribution in [0.2, 0.25) is 0 Å². The molecule has 0 amide bonds. The third-order valence-electron chi connectivity index (χ3n) is 5.24. The summed E-state index contributed by atoms with van der Waals surface area (Å²) >= 11 is 0. The number of aliphatic hydroxyl groups is 1. The van der Waals surface area contributed by atoms with Gasteiger partial charge in [-0.15, -0.1) is 0 Å². The van der Waals surface area contributed by atoms with Gasteiger partial charge in [-0.2, -0.15) is 0 Å². The van der Waals surface area contributed by atoms with Crippen molar-refractivity contribution in [1.29, 1.82) is 0 Å². The Kier molecular flexibility index (Phi) is 4.32. The minimum Gasteiger partial charge on any atom is -0.497 e. The van der Waals surface area contributed by atoms with E-state index >= 15 is 0 Å². The third-order valence-corrected chi connectivity index (χ3v) is 5.24. The number of piperidine rings is 1. The zero-order valence-electron chi connectivity index (χ0n) is 14.4. The number of aliphatic hydroxyl groups excluding tert-OH is 1. The molecule has 0 aliphatic carbocycles. The van der Waals surface area contributed by atoms with Crippen molar-refractivity contribution in [2.45, 2.75) is 25.4 Å². The molecule has 1 fully saturated rings. The van der Waals surface area contributed by atoms with Crippen LogP contribution in [0.15, 0.2) is 42.9 Å². The van der Waals surface area contributed by atoms with E-state index in [4.69, 9.17) is 4.74 Å². The first-order valence-corrected chi connectivity index (χ1v) is 8.74. The van der Waals surface area contributed by atoms with Gasteiger partial charge < -0.3 is 19.7 Å². The van der Waals surface area contributed by atoms with Crippen molar-refractivity contribution in [3.8, 4) is 5.75 Å². The van der Waals surface area contributed by atoms with Crippen molar-refractivity contribution in [2.75, 3.05) is 25.1 Å². The van der Waals surface area contributed by atoms with Gasteiger partial charge in [-0.05, 0) is 48.6 Å². The van der Waals surface area contributed by atoms with Crippen LogP contribution in [0.5, 0.6) is 5.75 Å². The highest BCUT2D eigenvalue weighted by atomic mass is 16.5. The summed E-state index contributed by atoms with van der Waals surface area (Å²) in [6.07, 6.45) is 7.89. The van der Waals surface area contributed by atoms with Crippen molar-refractivity contribution in [2.24, 2.45) is 0 Å². The maximum atomic E-state index is 9.54. The number of hydrogen-bond donors (Lipinski definition) is 2. The second kappa shape index (κ2) is 6.76. The Bertz CT molecular complexity index is 866. The lowest BCUT2D eigenvalue weighted by molar-refractivity contribution is 0.281. The highest BCUT2D eigenvalue weighted by molar-refractivity contribution is 5.85. The molecule has 0 unspecified atom stereocenters. The summed E-state index contributed by atoms with van der Waals surface area (Å²) in [5.41, 5.74) is 4.55. The van der Waals surface area contributed by atoms with Gasteiger partial charge >= 0.3 is 0 Å². The molecular formula is C20H23N3O2. The van der Waals surface area contributed by atoms with Crippen LogP contribution in [0.4, 0.5) is 5.69 Å². The summed E-state index contributed by atoms with van der Waals surface area (Å²) < 4.78 is 5.38. The predicted octanol–water partition coefficient (Wildman–Crippen LogP) is 3.45. The molecule has 1 aliphatic heterocycles. The molecule has 3 heterocycles. The third kappa shape index (κ3) is 2.96. The number of ether oxygens (including phenoxy) is 1. The number of nitrogens with zero attached hydrogens (tertiary/aromatic N) is 2. The molecule has 1 saturated heterocycles. The van der Waals surface area contributed by atoms with Crippen LogP contribution in [-0.2, 0) is 6.61 Å². The van der Waals surface area contributed by atoms with E-state index in [1.165, 1.54) is 10.9 Å². The lowest BCUT2D eigenvalue weighted by Gasteiger charge is -2.34. The number of benzene rings is 1. The highest BCUT2D eigenvalue weighted by Crippen LogP contribution is 2.36. The number of fused-ring (bicyclic) bond motifs is 1. The van der Waals surface area contributed by atoms with E-state index in [9.17, 15) is 5.11 Å². The number of anilines is 1. The minimum atomic E-state index is 0.0331. The lowest BCUT2D eigenvalue weighted by atomic mass is 9.89. The van der Waals surface area contributed by atoms with E-state index in [2.05, 4.69) is 33.2 Å². The number of rotatable bonds is 4. The van der Waals surface area contributed by atoms with Crippen LogP contribution in [0.1, 0.15) is 29.9 Å². The SMILES string of the molecule is COc1ccc2[nH]cc(C3CCN(c4ccncc4CO)CC3)c2c1. The number of nitrogens with one attached hydrogen (secondary N) is 1. The average molecular weight is 337 g/mol. The predicted molar refractivity (Wildman–Crippen MR) is 99.2 cm³/mol. The number of hydrogen-bond acceptors (Lipinski definition) is 4. The molecule has 1 aromatic carbocycles. The van der Waals surface area contributed by atoms with Crippen molar-refractivity contribution in [3.63, 3.8) is 0 Å². The highest BCUT2D eigenvalue weighted by Gasteiger charge is 2.24. The summed E-state index contributed by atoms with van der Waals surface area (Å²) in [6, 6.07) is 8.20. The molecule has 2 aromatic heterocycles. The molecule has 3 aromatic rings. The first-order valence-electron chi connectivity index (χ1n) is 8.74. The summed E-state index contributed by atoms with van der Waals surface area (Å²) in [5.74, 6) is 1.44. The molecule has 0 saturated carbocycles. The molecule has 0 radical (unpaired) electrons. The van der Waals surface area contributed by atoms with Crippen LogP contribution >= 0.6 is 0 Å². The van der Waals surface area contributed by atoms with E-state index in [0.717, 1.165) is 48.4 Å². The maximum Gasteiger partial charge on any atom is 0.119 e. The molecule has 130 valence electrons. The van der Waals surface area contributed by atoms with Crippen LogP contribution in [-0.4, -0.2) is 35.3 Å². The van der Waals surface area contributed by atoms with E-state index in [-0.39, 0.29) is 6.61 Å². The molecule has 0 spiro atoms. The molecule has 2 N–H and O–H groups in total. The van der Waals surface area contributed by atoms with Gasteiger partial charge in [-0.1, -0.05) is 0 Å². The summed E-state index contributed by atoms with van der Waals surface area (Å²) in [7, 11) is 1.71. The van der Waals surface area contributed by atoms with E-state index < -0.39 is 0 Å². The quantitative estimate of drug-likeness (QED) is 0.765. The van der Waals surface area contributed by atoms with Gasteiger partial charge in [-0.3, -0.25) is 4.98 Å². The Morgan fingerprint density at radius 3 is 2.88 bits per heavy atom. The van der Waals surface area contributed by atoms with E-state index in [1.54, 1.807) is 19.5 Å². The second-order valence-corrected chi connectivity index (χ2v) is 6.58. The normalized spacial score (nSPS) is 15.7. The summed E-state index contributed by atoms with van der Waals surface area (Å²) in [5, 5.41) is 10.8. The van der Waals surface area contributed by atoms with Crippen molar-refractivity contribution in [1.82, 2.24) is 9.97 Å². The first-order chi connectivity index (χ1) is 12.3. The average Bonchev–Trinajstić information content (AvgIpc) is 3.11. The molecule has 0 atom stereocenters. The molecule has 4 rings (SSSR count). The Labute approximate surface area is 147 Å². The van der Waals surface area contributed by atoms with Gasteiger partial charge in [0.15, 0.2) is 0 Å². The monoisotopic (exact) mass is 337 g/mol. The number of aromatic amines is 1. The van der Waals surface area contributed by atoms with Crippen LogP contribution in [0.25, 0.3) is 10.9 Å². The fourth-order valence-electron chi connectivity index (χ4n) is 3.87. The fourth-order valence-corrected chi connectivity index (χ4v) is 3.87. The Balaban J connectivity index is 1.54. The Hall–Kier alpha value is -2.53. The number of aromatic nitrogens is 2. The molecule has 5 nitrogen and oxygen atoms in total. The van der Waals surface area contributed by atoms with Crippen molar-refractivity contribution < 1.29 is 9.84 Å². The zero-order chi connectivity index (χ0) is 17.2. The number of H-pyrrole nitrogens is 1. The standard InChI is InChI=1S/C20H23N3O2/c1-25-16-2-3-19-17(10-16)18(12-22-19)14-5-8-23(9-6-14)20-4-7-21-11-15(20)13-24/h2-4,7,10-12,14,22,24H,5-6,8-9,13H2,1H3. The topological polar surface area (TPSA) is 61.4 Å². The van der Waals surface area contributed by atoms with Gasteiger partial charge in [0.25, 0.3) is 0 Å². The number of methoxy groups -OCH3 is 1. The van der Waals surface area contributed by atoms with Gasteiger partial charge in [0, 0.05) is 53.8 Å². The zero-order valence-corrected chi connectivity index (χ0v) is 14.4. The van der Waals surface area contributed by atoms with Gasteiger partial charge in [0.1, 0.15) is 5.75 Å². The minimum absolute atomic E-state index is 0.0331. The molecule has 0 bridgehead atoms. The lowest BCUT2D eigenvalue weighted by Crippen LogP contribution is -2.33. The summed E-state index contributed by atoms with van der Waals surface area (Å²) in [6.45, 7) is 2.00. The smallest absolute Gasteiger partial charge is 0.119 e. The molecule has 1 aliphatic rings. The largest absolute Gasteiger partial charge is 0.497 e. The molecular weight excluding hydrogens is 314 g/mol. The van der Waals surface area contributed by atoms with Gasteiger partial charge in [0.2, 0.25) is 0 Å². The number of pyridine rings is 1. The summed E-state index contributed by atoms with van der Waals surface area (Å²) in [4.78, 5) is 9.86. The van der Waals surface area contributed by atoms with Gasteiger partial charge in [0.05, 0.1) is 13.7 Å². The fraction of sp³-hybridized carbons (Fsp3) is 0.350. The van der Waals surface area contributed by atoms with Crippen LogP contribution in [0, 0.1) is 0 Å². The first kappa shape index (κ1) is 16.0. The van der Waals surface area contributed by atoms with Crippen LogP contribution in [0.3, 0.4) is 0 Å². The van der Waals surface area contributed by atoms with Crippen molar-refractivity contribution in [3.05, 3.63) is 54.0 Å². The molecule has 25 heavy (non-hydrogen) atoms. The van der Waals surface area contributed by atoms with Gasteiger partial charge in [-0.25, -0.2) is 0 Å². The molecule has 5 heteroatoms. The Morgan fingerprint density at radius 2 is 2.12 bits per heavy atom. The van der Waals surface area contributed by atoms with E-state index in [0.29, 0.717) is 5.92 Å². The maximum absolute atomic E-state index is 9.54. The van der Waals surface area contributed by atoms with Crippen molar-refractivity contribution >= 4 is 16.6 Å². The van der Waals surface area contributed by atoms with Crippen LogP contribution < -0.4 is 9.64 Å². The second-order valence-electron chi connectivity index (χ2n) is 6.58.